The first-order valence-electron chi connectivity index (χ1n) is 15.2. The molecule has 0 unspecified atom stereocenters. The summed E-state index contributed by atoms with van der Waals surface area (Å²) in [4.78, 5) is 48.0. The Morgan fingerprint density at radius 2 is 1.86 bits per heavy atom. The summed E-state index contributed by atoms with van der Waals surface area (Å²) in [6.07, 6.45) is 11.2. The van der Waals surface area contributed by atoms with Crippen LogP contribution in [0.1, 0.15) is 69.5 Å². The number of methoxy groups -OCH3 is 1. The molecule has 3 amide bonds. The van der Waals surface area contributed by atoms with E-state index < -0.39 is 17.8 Å². The fourth-order valence-electron chi connectivity index (χ4n) is 6.17. The Balaban J connectivity index is 1.40. The molecule has 0 spiro atoms. The van der Waals surface area contributed by atoms with Crippen LogP contribution in [0.15, 0.2) is 36.8 Å². The van der Waals surface area contributed by atoms with Crippen LogP contribution in [-0.2, 0) is 27.1 Å². The van der Waals surface area contributed by atoms with Crippen molar-refractivity contribution >= 4 is 18.1 Å². The summed E-state index contributed by atoms with van der Waals surface area (Å²) in [5, 5.41) is 5.80. The highest BCUT2D eigenvalue weighted by Crippen LogP contribution is 2.42. The molecule has 42 heavy (non-hydrogen) atoms. The summed E-state index contributed by atoms with van der Waals surface area (Å²) >= 11 is 0. The molecule has 230 valence electrons. The fourth-order valence-corrected chi connectivity index (χ4v) is 6.17. The molecule has 1 atom stereocenters. The molecule has 11 heteroatoms. The molecule has 0 radical (unpaired) electrons. The predicted molar refractivity (Wildman–Crippen MR) is 157 cm³/mol. The predicted octanol–water partition coefficient (Wildman–Crippen LogP) is 4.38. The number of hydrogen-bond donors (Lipinski definition) is 3. The molecule has 3 N–H and O–H groups in total. The van der Waals surface area contributed by atoms with Crippen LogP contribution in [0, 0.1) is 5.92 Å². The Kier molecular flexibility index (Phi) is 11.5. The molecule has 1 aromatic carbocycles. The molecule has 2 heterocycles. The molecule has 1 saturated heterocycles. The van der Waals surface area contributed by atoms with Crippen molar-refractivity contribution in [1.29, 1.82) is 0 Å². The molecule has 1 saturated carbocycles. The second-order valence-corrected chi connectivity index (χ2v) is 11.2. The third-order valence-corrected chi connectivity index (χ3v) is 8.49. The summed E-state index contributed by atoms with van der Waals surface area (Å²) in [7, 11) is 1.61. The monoisotopic (exact) mass is 583 g/mol. The van der Waals surface area contributed by atoms with Crippen LogP contribution in [0.4, 0.5) is 9.59 Å². The lowest BCUT2D eigenvalue weighted by Crippen LogP contribution is -2.57. The molecule has 11 nitrogen and oxygen atoms in total. The molecular formula is C31H45N5O6. The zero-order valence-electron chi connectivity index (χ0n) is 24.9. The van der Waals surface area contributed by atoms with Crippen molar-refractivity contribution in [2.24, 2.45) is 5.92 Å². The molecule has 4 rings (SSSR count). The number of aromatic amines is 1. The number of aromatic nitrogens is 2. The van der Waals surface area contributed by atoms with Crippen LogP contribution in [0.25, 0.3) is 0 Å². The standard InChI is InChI=1S/C31H45N5O6/c1-3-41-30(39)42-31(24-8-5-4-6-9-24)15-18-36(19-16-31)28(37)27(20-23-11-13-26(40-2)14-12-23)35-29(38)33-17-7-10-25-21-32-22-34-25/h11-14,21-22,24,27H,3-10,15-20H2,1-2H3,(H,32,34)(H2,33,35,38)/t27-/m1/s1. The lowest BCUT2D eigenvalue weighted by Gasteiger charge is -2.47. The molecule has 1 aliphatic heterocycles. The second-order valence-electron chi connectivity index (χ2n) is 11.2. The SMILES string of the molecule is CCOC(=O)OC1(C2CCCCC2)CCN(C(=O)[C@@H](Cc2ccc(OC)cc2)NC(=O)NCCCc2cnc[nH]2)CC1. The highest BCUT2D eigenvalue weighted by atomic mass is 16.7. The van der Waals surface area contributed by atoms with Crippen molar-refractivity contribution in [1.82, 2.24) is 25.5 Å². The number of amides is 3. The quantitative estimate of drug-likeness (QED) is 0.249. The first-order chi connectivity index (χ1) is 20.4. The van der Waals surface area contributed by atoms with Crippen LogP contribution in [0.3, 0.4) is 0 Å². The van der Waals surface area contributed by atoms with E-state index in [4.69, 9.17) is 14.2 Å². The Bertz CT molecular complexity index is 1130. The summed E-state index contributed by atoms with van der Waals surface area (Å²) < 4.78 is 16.4. The van der Waals surface area contributed by atoms with E-state index in [1.807, 2.05) is 24.3 Å². The van der Waals surface area contributed by atoms with Crippen molar-refractivity contribution in [2.75, 3.05) is 33.4 Å². The zero-order chi connectivity index (χ0) is 29.8. The minimum Gasteiger partial charge on any atom is -0.497 e. The Hall–Kier alpha value is -3.76. The fraction of sp³-hybridized carbons (Fsp3) is 0.613. The maximum atomic E-state index is 13.9. The summed E-state index contributed by atoms with van der Waals surface area (Å²) in [5.74, 6) is 0.835. The average molecular weight is 584 g/mol. The van der Waals surface area contributed by atoms with Crippen LogP contribution in [-0.4, -0.2) is 78.0 Å². The number of H-pyrrole nitrogens is 1. The van der Waals surface area contributed by atoms with E-state index in [0.29, 0.717) is 38.9 Å². The molecule has 2 fully saturated rings. The van der Waals surface area contributed by atoms with E-state index in [-0.39, 0.29) is 24.5 Å². The van der Waals surface area contributed by atoms with Crippen LogP contribution >= 0.6 is 0 Å². The van der Waals surface area contributed by atoms with Crippen LogP contribution < -0.4 is 15.4 Å². The van der Waals surface area contributed by atoms with Gasteiger partial charge in [-0.15, -0.1) is 0 Å². The molecule has 0 bridgehead atoms. The number of piperidine rings is 1. The number of carbonyl (C=O) groups is 3. The molecule has 1 aliphatic carbocycles. The van der Waals surface area contributed by atoms with Gasteiger partial charge < -0.3 is 34.7 Å². The van der Waals surface area contributed by atoms with Crippen molar-refractivity contribution in [2.45, 2.75) is 82.8 Å². The number of nitrogens with one attached hydrogen (secondary N) is 3. The number of ether oxygens (including phenoxy) is 3. The average Bonchev–Trinajstić information content (AvgIpc) is 3.54. The lowest BCUT2D eigenvalue weighted by atomic mass is 9.72. The van der Waals surface area contributed by atoms with Gasteiger partial charge in [0, 0.05) is 50.8 Å². The number of nitrogens with zero attached hydrogens (tertiary/aromatic N) is 2. The summed E-state index contributed by atoms with van der Waals surface area (Å²) in [6.45, 7) is 3.38. The van der Waals surface area contributed by atoms with Crippen molar-refractivity contribution in [3.8, 4) is 5.75 Å². The van der Waals surface area contributed by atoms with Gasteiger partial charge in [0.2, 0.25) is 5.91 Å². The Morgan fingerprint density at radius 3 is 2.50 bits per heavy atom. The molecule has 1 aromatic heterocycles. The third-order valence-electron chi connectivity index (χ3n) is 8.49. The highest BCUT2D eigenvalue weighted by Gasteiger charge is 2.46. The maximum absolute atomic E-state index is 13.9. The van der Waals surface area contributed by atoms with E-state index in [1.54, 1.807) is 31.5 Å². The van der Waals surface area contributed by atoms with Gasteiger partial charge in [-0.25, -0.2) is 14.6 Å². The number of carbonyl (C=O) groups excluding carboxylic acids is 3. The number of hydrogen-bond acceptors (Lipinski definition) is 7. The van der Waals surface area contributed by atoms with Crippen molar-refractivity contribution in [3.63, 3.8) is 0 Å². The van der Waals surface area contributed by atoms with Crippen molar-refractivity contribution < 1.29 is 28.6 Å². The van der Waals surface area contributed by atoms with Gasteiger partial charge in [-0.1, -0.05) is 31.4 Å². The van der Waals surface area contributed by atoms with E-state index in [0.717, 1.165) is 55.5 Å². The van der Waals surface area contributed by atoms with E-state index in [2.05, 4.69) is 20.6 Å². The van der Waals surface area contributed by atoms with Gasteiger partial charge in [0.1, 0.15) is 17.4 Å². The third kappa shape index (κ3) is 8.62. The number of urea groups is 1. The van der Waals surface area contributed by atoms with E-state index in [9.17, 15) is 14.4 Å². The summed E-state index contributed by atoms with van der Waals surface area (Å²) in [6, 6.07) is 6.36. The smallest absolute Gasteiger partial charge is 0.497 e. The van der Waals surface area contributed by atoms with Gasteiger partial charge in [-0.3, -0.25) is 4.79 Å². The Morgan fingerprint density at radius 1 is 1.12 bits per heavy atom. The lowest BCUT2D eigenvalue weighted by molar-refractivity contribution is -0.143. The molecule has 2 aliphatic rings. The van der Waals surface area contributed by atoms with Gasteiger partial charge in [0.25, 0.3) is 0 Å². The number of imidazole rings is 1. The zero-order valence-corrected chi connectivity index (χ0v) is 24.9. The minimum atomic E-state index is -0.751. The van der Waals surface area contributed by atoms with Crippen LogP contribution in [0.5, 0.6) is 5.75 Å². The molecular weight excluding hydrogens is 538 g/mol. The van der Waals surface area contributed by atoms with E-state index >= 15 is 0 Å². The van der Waals surface area contributed by atoms with Gasteiger partial charge in [-0.05, 0) is 56.2 Å². The van der Waals surface area contributed by atoms with Gasteiger partial charge in [0.05, 0.1) is 20.0 Å². The van der Waals surface area contributed by atoms with Crippen LogP contribution in [0.2, 0.25) is 0 Å². The summed E-state index contributed by atoms with van der Waals surface area (Å²) in [5.41, 5.74) is 1.29. The highest BCUT2D eigenvalue weighted by molar-refractivity contribution is 5.87. The van der Waals surface area contributed by atoms with Gasteiger partial charge >= 0.3 is 12.2 Å². The van der Waals surface area contributed by atoms with Crippen molar-refractivity contribution in [3.05, 3.63) is 48.0 Å². The largest absolute Gasteiger partial charge is 0.508 e. The minimum absolute atomic E-state index is 0.146. The normalized spacial score (nSPS) is 17.6. The number of aryl methyl sites for hydroxylation is 1. The van der Waals surface area contributed by atoms with E-state index in [1.165, 1.54) is 6.42 Å². The number of likely N-dealkylation sites (tertiary alicyclic amines) is 1. The Labute approximate surface area is 248 Å². The topological polar surface area (TPSA) is 135 Å². The van der Waals surface area contributed by atoms with Gasteiger partial charge in [-0.2, -0.15) is 0 Å². The first-order valence-corrected chi connectivity index (χ1v) is 15.2. The molecule has 2 aromatic rings. The second kappa shape index (κ2) is 15.5. The first kappa shape index (κ1) is 31.2. The number of benzene rings is 1. The van der Waals surface area contributed by atoms with Gasteiger partial charge in [0.15, 0.2) is 0 Å². The maximum Gasteiger partial charge on any atom is 0.508 e. The number of rotatable bonds is 12.